The lowest BCUT2D eigenvalue weighted by Crippen LogP contribution is -2.33. The van der Waals surface area contributed by atoms with Crippen LogP contribution >= 0.6 is 0 Å². The smallest absolute Gasteiger partial charge is 0.308 e. The molecule has 0 unspecified atom stereocenters. The number of carbonyl (C=O) groups is 1. The van der Waals surface area contributed by atoms with Gasteiger partial charge in [-0.25, -0.2) is 4.79 Å². The van der Waals surface area contributed by atoms with Crippen LogP contribution in [0.25, 0.3) is 0 Å². The largest absolute Gasteiger partial charge is 0.323 e. The van der Waals surface area contributed by atoms with Crippen LogP contribution in [0.2, 0.25) is 0 Å². The van der Waals surface area contributed by atoms with E-state index < -0.39 is 0 Å². The number of hydrogen-bond donors (Lipinski definition) is 2. The first-order valence-corrected chi connectivity index (χ1v) is 7.66. The number of rotatable bonds is 6. The number of nitrogens with one attached hydrogen (secondary N) is 2. The van der Waals surface area contributed by atoms with E-state index in [4.69, 9.17) is 0 Å². The topological polar surface area (TPSA) is 41.1 Å². The maximum absolute atomic E-state index is 11.7. The molecule has 2 N–H and O–H groups in total. The lowest BCUT2D eigenvalue weighted by molar-refractivity contribution is 0.246. The molecule has 0 saturated heterocycles. The number of allylic oxidation sites excluding steroid dienone is 8. The number of carbonyl (C=O) groups excluding carboxylic acids is 1. The Bertz CT molecular complexity index is 413. The van der Waals surface area contributed by atoms with Crippen LogP contribution in [0.1, 0.15) is 41.5 Å². The molecule has 22 heavy (non-hydrogen) atoms. The Labute approximate surface area is 136 Å². The Morgan fingerprint density at radius 2 is 1.45 bits per heavy atom. The van der Waals surface area contributed by atoms with Gasteiger partial charge in [0.1, 0.15) is 0 Å². The first-order chi connectivity index (χ1) is 10.7. The molecule has 3 heteroatoms. The van der Waals surface area contributed by atoms with Crippen LogP contribution in [0.15, 0.2) is 73.2 Å². The monoisotopic (exact) mass is 304 g/mol. The highest BCUT2D eigenvalue weighted by Crippen LogP contribution is 1.95. The van der Waals surface area contributed by atoms with Gasteiger partial charge in [0.05, 0.1) is 0 Å². The van der Waals surface area contributed by atoms with E-state index in [-0.39, 0.29) is 6.03 Å². The van der Waals surface area contributed by atoms with Gasteiger partial charge in [-0.15, -0.1) is 0 Å². The summed E-state index contributed by atoms with van der Waals surface area (Å²) in [5.41, 5.74) is 1.33. The summed E-state index contributed by atoms with van der Waals surface area (Å²) in [6, 6.07) is -0.313. The third-order valence-electron chi connectivity index (χ3n) is 1.93. The minimum Gasteiger partial charge on any atom is -0.308 e. The number of urea groups is 1. The Kier molecular flexibility index (Phi) is 23.6. The maximum Gasteiger partial charge on any atom is 0.323 e. The van der Waals surface area contributed by atoms with Gasteiger partial charge in [0.25, 0.3) is 0 Å². The summed E-state index contributed by atoms with van der Waals surface area (Å²) < 4.78 is 0. The van der Waals surface area contributed by atoms with Crippen molar-refractivity contribution in [2.45, 2.75) is 41.5 Å². The van der Waals surface area contributed by atoms with Crippen LogP contribution < -0.4 is 10.6 Å². The van der Waals surface area contributed by atoms with Crippen LogP contribution in [0.4, 0.5) is 4.79 Å². The minimum atomic E-state index is -0.313. The highest BCUT2D eigenvalue weighted by atomic mass is 16.2. The molecule has 0 aliphatic rings. The van der Waals surface area contributed by atoms with Crippen LogP contribution in [0, 0.1) is 0 Å². The third kappa shape index (κ3) is 15.8. The molecule has 3 nitrogen and oxygen atoms in total. The van der Waals surface area contributed by atoms with Gasteiger partial charge in [0.15, 0.2) is 0 Å². The second-order valence-corrected chi connectivity index (χ2v) is 3.27. The molecule has 124 valence electrons. The SMILES string of the molecule is C=C/C=C\C(=C/C)NC(=O)N/C(C=C)=C/C=C\C.CC.CC. The van der Waals surface area contributed by atoms with Crippen LogP contribution in [-0.4, -0.2) is 6.03 Å². The van der Waals surface area contributed by atoms with Crippen molar-refractivity contribution in [2.75, 3.05) is 0 Å². The van der Waals surface area contributed by atoms with Crippen molar-refractivity contribution in [3.05, 3.63) is 73.2 Å². The van der Waals surface area contributed by atoms with E-state index in [0.29, 0.717) is 11.4 Å². The summed E-state index contributed by atoms with van der Waals surface area (Å²) in [5, 5.41) is 5.39. The van der Waals surface area contributed by atoms with Gasteiger partial charge in [-0.2, -0.15) is 0 Å². The van der Waals surface area contributed by atoms with Gasteiger partial charge in [0.2, 0.25) is 0 Å². The normalized spacial score (nSPS) is 11.0. The van der Waals surface area contributed by atoms with E-state index in [2.05, 4.69) is 23.8 Å². The first kappa shape index (κ1) is 24.7. The van der Waals surface area contributed by atoms with Crippen molar-refractivity contribution in [3.8, 4) is 0 Å². The highest BCUT2D eigenvalue weighted by Gasteiger charge is 2.01. The Balaban J connectivity index is -0.000000826. The zero-order chi connectivity index (χ0) is 17.8. The summed E-state index contributed by atoms with van der Waals surface area (Å²) in [4.78, 5) is 11.7. The van der Waals surface area contributed by atoms with Crippen molar-refractivity contribution in [2.24, 2.45) is 0 Å². The maximum atomic E-state index is 11.7. The van der Waals surface area contributed by atoms with E-state index in [1.165, 1.54) is 0 Å². The number of hydrogen-bond acceptors (Lipinski definition) is 1. The standard InChI is InChI=1S/C15H20N2O.2C2H6/c1-5-9-11-13(7-3)16-15(18)17-14(8-4)12-10-6-2;2*1-2/h5-12H,1,4H2,2-3H3,(H2,16,17,18);2*1-2H3/b10-6-,11-9-,13-7+,14-12+;;. The molecule has 2 amide bonds. The average molecular weight is 304 g/mol. The van der Waals surface area contributed by atoms with Crippen molar-refractivity contribution in [1.29, 1.82) is 0 Å². The van der Waals surface area contributed by atoms with Gasteiger partial charge in [-0.05, 0) is 32.1 Å². The van der Waals surface area contributed by atoms with Gasteiger partial charge in [-0.1, -0.05) is 71.2 Å². The van der Waals surface area contributed by atoms with Crippen LogP contribution in [0.5, 0.6) is 0 Å². The van der Waals surface area contributed by atoms with Crippen LogP contribution in [-0.2, 0) is 0 Å². The molecule has 0 atom stereocenters. The molecular weight excluding hydrogens is 272 g/mol. The first-order valence-electron chi connectivity index (χ1n) is 7.66. The molecule has 0 spiro atoms. The summed E-state index contributed by atoms with van der Waals surface area (Å²) in [7, 11) is 0. The molecule has 0 bridgehead atoms. The second kappa shape index (κ2) is 21.0. The Morgan fingerprint density at radius 1 is 0.909 bits per heavy atom. The van der Waals surface area contributed by atoms with Gasteiger partial charge in [-0.3, -0.25) is 0 Å². The number of amides is 2. The fraction of sp³-hybridized carbons (Fsp3) is 0.316. The molecule has 0 heterocycles. The molecule has 0 aliphatic carbocycles. The summed E-state index contributed by atoms with van der Waals surface area (Å²) >= 11 is 0. The zero-order valence-corrected chi connectivity index (χ0v) is 14.9. The van der Waals surface area contributed by atoms with E-state index in [0.717, 1.165) is 0 Å². The molecule has 0 aromatic heterocycles. The van der Waals surface area contributed by atoms with E-state index in [9.17, 15) is 4.79 Å². The molecule has 0 aromatic carbocycles. The van der Waals surface area contributed by atoms with Crippen LogP contribution in [0.3, 0.4) is 0 Å². The molecule has 0 aromatic rings. The van der Waals surface area contributed by atoms with E-state index in [1.54, 1.807) is 36.5 Å². The fourth-order valence-corrected chi connectivity index (χ4v) is 1.04. The van der Waals surface area contributed by atoms with Crippen molar-refractivity contribution < 1.29 is 4.79 Å². The zero-order valence-electron chi connectivity index (χ0n) is 14.9. The molecule has 0 saturated carbocycles. The Morgan fingerprint density at radius 3 is 1.86 bits per heavy atom. The molecule has 0 radical (unpaired) electrons. The Hall–Kier alpha value is -2.29. The van der Waals surface area contributed by atoms with Crippen molar-refractivity contribution in [1.82, 2.24) is 10.6 Å². The summed E-state index contributed by atoms with van der Waals surface area (Å²) in [5.74, 6) is 0. The van der Waals surface area contributed by atoms with E-state index in [1.807, 2.05) is 53.7 Å². The lowest BCUT2D eigenvalue weighted by atomic mass is 10.3. The van der Waals surface area contributed by atoms with Crippen molar-refractivity contribution >= 4 is 6.03 Å². The summed E-state index contributed by atoms with van der Waals surface area (Å²) in [6.07, 6.45) is 14.0. The van der Waals surface area contributed by atoms with Crippen molar-refractivity contribution in [3.63, 3.8) is 0 Å². The van der Waals surface area contributed by atoms with E-state index >= 15 is 0 Å². The average Bonchev–Trinajstić information content (AvgIpc) is 2.58. The molecule has 0 fully saturated rings. The summed E-state index contributed by atoms with van der Waals surface area (Å²) in [6.45, 7) is 18.9. The molecular formula is C19H32N2O. The quantitative estimate of drug-likeness (QED) is 0.613. The molecule has 0 aliphatic heterocycles. The lowest BCUT2D eigenvalue weighted by Gasteiger charge is -2.08. The predicted octanol–water partition coefficient (Wildman–Crippen LogP) is 5.63. The minimum absolute atomic E-state index is 0.313. The van der Waals surface area contributed by atoms with Gasteiger partial charge < -0.3 is 10.6 Å². The van der Waals surface area contributed by atoms with Gasteiger partial charge >= 0.3 is 6.03 Å². The molecule has 0 rings (SSSR count). The highest BCUT2D eigenvalue weighted by molar-refractivity contribution is 5.78. The fourth-order valence-electron chi connectivity index (χ4n) is 1.04. The predicted molar refractivity (Wildman–Crippen MR) is 101 cm³/mol. The van der Waals surface area contributed by atoms with Gasteiger partial charge in [0, 0.05) is 11.4 Å². The third-order valence-corrected chi connectivity index (χ3v) is 1.93. The second-order valence-electron chi connectivity index (χ2n) is 3.27.